The standard InChI is InChI=1S/C53H33N3O2/c1-2-10-32(11-3-1)34-20-23-36(24-21-34)51-54-52(39-25-22-33-12-4-5-14-37(33)30-39)56-53(55-51)42-17-9-19-46-50(42)49-41(16-8-18-45(49)58-46)38-27-28-44-43(31-38)48-40-15-7-6-13-35(40)26-29-47(48)57-44/h1-21,23-24,26-31H,22,25H2. The zero-order chi connectivity index (χ0) is 38.2. The molecule has 5 heteroatoms. The minimum atomic E-state index is 0.609. The lowest BCUT2D eigenvalue weighted by atomic mass is 9.92. The first-order valence-electron chi connectivity index (χ1n) is 19.7. The Morgan fingerprint density at radius 2 is 1.02 bits per heavy atom. The molecule has 0 unspecified atom stereocenters. The van der Waals surface area contributed by atoms with Gasteiger partial charge in [0.05, 0.1) is 0 Å². The predicted octanol–water partition coefficient (Wildman–Crippen LogP) is 14.0. The Bertz CT molecular complexity index is 3450. The summed E-state index contributed by atoms with van der Waals surface area (Å²) >= 11 is 0. The average Bonchev–Trinajstić information content (AvgIpc) is 3.88. The van der Waals surface area contributed by atoms with Gasteiger partial charge in [0.25, 0.3) is 0 Å². The summed E-state index contributed by atoms with van der Waals surface area (Å²) in [6.07, 6.45) is 4.02. The summed E-state index contributed by atoms with van der Waals surface area (Å²) in [6.45, 7) is 0. The summed E-state index contributed by atoms with van der Waals surface area (Å²) in [5.74, 6) is 1.93. The van der Waals surface area contributed by atoms with E-state index >= 15 is 0 Å². The molecular weight excluding hydrogens is 711 g/mol. The molecule has 272 valence electrons. The highest BCUT2D eigenvalue weighted by Crippen LogP contribution is 2.43. The van der Waals surface area contributed by atoms with Gasteiger partial charge in [0, 0.05) is 32.7 Å². The molecule has 1 aliphatic carbocycles. The first-order chi connectivity index (χ1) is 28.7. The lowest BCUT2D eigenvalue weighted by Gasteiger charge is -2.17. The van der Waals surface area contributed by atoms with Crippen molar-refractivity contribution in [2.45, 2.75) is 12.8 Å². The van der Waals surface area contributed by atoms with Crippen LogP contribution >= 0.6 is 0 Å². The fourth-order valence-electron chi connectivity index (χ4n) is 8.83. The van der Waals surface area contributed by atoms with Crippen molar-refractivity contribution < 1.29 is 8.83 Å². The summed E-state index contributed by atoms with van der Waals surface area (Å²) in [4.78, 5) is 15.7. The minimum absolute atomic E-state index is 0.609. The first kappa shape index (κ1) is 32.6. The summed E-state index contributed by atoms with van der Waals surface area (Å²) in [5.41, 5.74) is 13.3. The van der Waals surface area contributed by atoms with Gasteiger partial charge in [-0.15, -0.1) is 0 Å². The lowest BCUT2D eigenvalue weighted by molar-refractivity contribution is 0.669. The zero-order valence-corrected chi connectivity index (χ0v) is 31.3. The second kappa shape index (κ2) is 13.0. The lowest BCUT2D eigenvalue weighted by Crippen LogP contribution is -2.06. The molecule has 58 heavy (non-hydrogen) atoms. The number of furan rings is 2. The van der Waals surface area contributed by atoms with Crippen LogP contribution in [0.4, 0.5) is 0 Å². The molecule has 3 aromatic heterocycles. The van der Waals surface area contributed by atoms with Crippen LogP contribution in [0.3, 0.4) is 0 Å². The largest absolute Gasteiger partial charge is 0.456 e. The molecule has 0 fully saturated rings. The van der Waals surface area contributed by atoms with Crippen molar-refractivity contribution in [2.24, 2.45) is 0 Å². The van der Waals surface area contributed by atoms with E-state index in [-0.39, 0.29) is 0 Å². The Morgan fingerprint density at radius 1 is 0.379 bits per heavy atom. The van der Waals surface area contributed by atoms with Crippen molar-refractivity contribution in [3.8, 4) is 45.0 Å². The second-order valence-electron chi connectivity index (χ2n) is 15.1. The second-order valence-corrected chi connectivity index (χ2v) is 15.1. The summed E-state index contributed by atoms with van der Waals surface area (Å²) < 4.78 is 13.0. The third kappa shape index (κ3) is 5.28. The van der Waals surface area contributed by atoms with Gasteiger partial charge in [0.15, 0.2) is 17.5 Å². The molecule has 1 aliphatic rings. The van der Waals surface area contributed by atoms with Crippen molar-refractivity contribution in [1.29, 1.82) is 0 Å². The molecule has 0 saturated heterocycles. The normalized spacial score (nSPS) is 12.8. The molecule has 0 atom stereocenters. The third-order valence-electron chi connectivity index (χ3n) is 11.7. The quantitative estimate of drug-likeness (QED) is 0.176. The number of benzene rings is 8. The van der Waals surface area contributed by atoms with E-state index in [0.717, 1.165) is 90.1 Å². The summed E-state index contributed by atoms with van der Waals surface area (Å²) in [5, 5.41) is 6.57. The van der Waals surface area contributed by atoms with Crippen molar-refractivity contribution in [3.63, 3.8) is 0 Å². The van der Waals surface area contributed by atoms with Gasteiger partial charge in [-0.1, -0.05) is 140 Å². The number of aryl methyl sites for hydroxylation is 1. The van der Waals surface area contributed by atoms with Crippen LogP contribution in [0.2, 0.25) is 0 Å². The number of hydrogen-bond acceptors (Lipinski definition) is 5. The van der Waals surface area contributed by atoms with Gasteiger partial charge in [-0.25, -0.2) is 15.0 Å². The molecule has 0 radical (unpaired) electrons. The molecule has 12 rings (SSSR count). The maximum absolute atomic E-state index is 6.63. The number of allylic oxidation sites excluding steroid dienone is 1. The molecule has 8 aromatic carbocycles. The maximum Gasteiger partial charge on any atom is 0.164 e. The molecule has 11 aromatic rings. The van der Waals surface area contributed by atoms with Crippen molar-refractivity contribution in [1.82, 2.24) is 15.0 Å². The van der Waals surface area contributed by atoms with Crippen LogP contribution in [0.25, 0.3) is 111 Å². The van der Waals surface area contributed by atoms with E-state index in [1.54, 1.807) is 0 Å². The summed E-state index contributed by atoms with van der Waals surface area (Å²) in [6, 6.07) is 59.2. The number of aromatic nitrogens is 3. The molecule has 0 aliphatic heterocycles. The fourth-order valence-corrected chi connectivity index (χ4v) is 8.83. The van der Waals surface area contributed by atoms with E-state index in [1.807, 2.05) is 24.3 Å². The van der Waals surface area contributed by atoms with E-state index in [0.29, 0.717) is 17.5 Å². The van der Waals surface area contributed by atoms with E-state index in [9.17, 15) is 0 Å². The van der Waals surface area contributed by atoms with Gasteiger partial charge in [-0.05, 0) is 99.0 Å². The fraction of sp³-hybridized carbons (Fsp3) is 0.0377. The van der Waals surface area contributed by atoms with E-state index < -0.39 is 0 Å². The van der Waals surface area contributed by atoms with Crippen LogP contribution in [0, 0.1) is 0 Å². The van der Waals surface area contributed by atoms with Gasteiger partial charge < -0.3 is 8.83 Å². The van der Waals surface area contributed by atoms with Crippen LogP contribution in [-0.2, 0) is 6.42 Å². The van der Waals surface area contributed by atoms with Gasteiger partial charge >= 0.3 is 0 Å². The topological polar surface area (TPSA) is 65.0 Å². The Kier molecular flexibility index (Phi) is 7.29. The van der Waals surface area contributed by atoms with Crippen molar-refractivity contribution in [3.05, 3.63) is 187 Å². The minimum Gasteiger partial charge on any atom is -0.456 e. The van der Waals surface area contributed by atoms with Gasteiger partial charge in [0.1, 0.15) is 22.3 Å². The van der Waals surface area contributed by atoms with Crippen LogP contribution in [0.5, 0.6) is 0 Å². The Balaban J connectivity index is 1.06. The number of fused-ring (bicyclic) bond motifs is 9. The Hall–Kier alpha value is -7.63. The highest BCUT2D eigenvalue weighted by molar-refractivity contribution is 6.21. The molecule has 0 N–H and O–H groups in total. The van der Waals surface area contributed by atoms with Gasteiger partial charge in [-0.3, -0.25) is 0 Å². The maximum atomic E-state index is 6.63. The Morgan fingerprint density at radius 3 is 1.90 bits per heavy atom. The van der Waals surface area contributed by atoms with Crippen LogP contribution in [0.1, 0.15) is 23.4 Å². The Labute approximate surface area is 333 Å². The highest BCUT2D eigenvalue weighted by Gasteiger charge is 2.22. The zero-order valence-electron chi connectivity index (χ0n) is 31.3. The average molecular weight is 744 g/mol. The molecule has 0 spiro atoms. The smallest absolute Gasteiger partial charge is 0.164 e. The van der Waals surface area contributed by atoms with E-state index in [4.69, 9.17) is 23.8 Å². The van der Waals surface area contributed by atoms with Crippen LogP contribution in [-0.4, -0.2) is 15.0 Å². The molecule has 0 amide bonds. The number of rotatable bonds is 5. The monoisotopic (exact) mass is 743 g/mol. The predicted molar refractivity (Wildman–Crippen MR) is 236 cm³/mol. The molecular formula is C53H33N3O2. The molecule has 3 heterocycles. The first-order valence-corrected chi connectivity index (χ1v) is 19.7. The van der Waals surface area contributed by atoms with Gasteiger partial charge in [-0.2, -0.15) is 0 Å². The third-order valence-corrected chi connectivity index (χ3v) is 11.7. The van der Waals surface area contributed by atoms with Crippen molar-refractivity contribution in [2.75, 3.05) is 0 Å². The van der Waals surface area contributed by atoms with E-state index in [1.165, 1.54) is 27.5 Å². The van der Waals surface area contributed by atoms with Crippen LogP contribution in [0.15, 0.2) is 179 Å². The van der Waals surface area contributed by atoms with Gasteiger partial charge in [0.2, 0.25) is 0 Å². The molecule has 0 saturated carbocycles. The summed E-state index contributed by atoms with van der Waals surface area (Å²) in [7, 11) is 0. The highest BCUT2D eigenvalue weighted by atomic mass is 16.3. The number of nitrogens with zero attached hydrogens (tertiary/aromatic N) is 3. The van der Waals surface area contributed by atoms with E-state index in [2.05, 4.69) is 152 Å². The molecule has 5 nitrogen and oxygen atoms in total. The van der Waals surface area contributed by atoms with Crippen LogP contribution < -0.4 is 0 Å². The molecule has 0 bridgehead atoms. The SMILES string of the molecule is C1=C(c2nc(-c3ccc(-c4ccccc4)cc3)nc(-c3cccc4oc5cccc(-c6ccc7oc8ccc9ccccc9c8c7c6)c5c34)n2)CCc2ccccc21. The number of hydrogen-bond donors (Lipinski definition) is 0. The van der Waals surface area contributed by atoms with Crippen molar-refractivity contribution >= 4 is 66.3 Å².